The normalized spacial score (nSPS) is 19.6. The molecule has 8 nitrogen and oxygen atoms in total. The van der Waals surface area contributed by atoms with Crippen LogP contribution in [0.2, 0.25) is 0 Å². The molecule has 0 aliphatic carbocycles. The Morgan fingerprint density at radius 1 is 1.12 bits per heavy atom. The highest BCUT2D eigenvalue weighted by Crippen LogP contribution is 2.35. The van der Waals surface area contributed by atoms with Crippen molar-refractivity contribution in [3.05, 3.63) is 53.1 Å². The summed E-state index contributed by atoms with van der Waals surface area (Å²) in [5.41, 5.74) is 4.09. The van der Waals surface area contributed by atoms with Crippen LogP contribution < -0.4 is 19.7 Å². The Morgan fingerprint density at radius 3 is 2.32 bits per heavy atom. The zero-order valence-electron chi connectivity index (χ0n) is 20.6. The number of amides is 2. The van der Waals surface area contributed by atoms with Crippen LogP contribution in [0, 0.1) is 0 Å². The smallest absolute Gasteiger partial charge is 0.337 e. The first-order valence-corrected chi connectivity index (χ1v) is 11.7. The maximum absolute atomic E-state index is 12.6. The van der Waals surface area contributed by atoms with Crippen molar-refractivity contribution in [2.24, 2.45) is 5.10 Å². The van der Waals surface area contributed by atoms with Crippen LogP contribution in [-0.2, 0) is 6.42 Å². The number of fused-ring (bicyclic) bond motifs is 1. The first-order valence-electron chi connectivity index (χ1n) is 11.7. The molecule has 2 aromatic rings. The molecular formula is C26H34N4O4. The third kappa shape index (κ3) is 4.68. The number of hydrogen-bond donors (Lipinski definition) is 2. The van der Waals surface area contributed by atoms with E-state index in [1.807, 2.05) is 38.1 Å². The van der Waals surface area contributed by atoms with Crippen LogP contribution in [-0.4, -0.2) is 67.9 Å². The fraction of sp³-hybridized carbons (Fsp3) is 0.462. The highest BCUT2D eigenvalue weighted by molar-refractivity contribution is 6.14. The number of aliphatic hydroxyl groups is 1. The molecule has 1 unspecified atom stereocenters. The van der Waals surface area contributed by atoms with E-state index in [1.165, 1.54) is 5.01 Å². The van der Waals surface area contributed by atoms with E-state index in [0.717, 1.165) is 48.3 Å². The number of methoxy groups -OCH3 is 2. The van der Waals surface area contributed by atoms with Gasteiger partial charge in [-0.15, -0.1) is 0 Å². The van der Waals surface area contributed by atoms with Gasteiger partial charge in [-0.05, 0) is 62.9 Å². The van der Waals surface area contributed by atoms with Gasteiger partial charge < -0.3 is 24.8 Å². The van der Waals surface area contributed by atoms with Gasteiger partial charge in [-0.3, -0.25) is 0 Å². The minimum atomic E-state index is -0.588. The molecule has 8 heteroatoms. The van der Waals surface area contributed by atoms with Gasteiger partial charge in [0, 0.05) is 37.0 Å². The van der Waals surface area contributed by atoms with E-state index in [0.29, 0.717) is 23.6 Å². The number of ether oxygens (including phenoxy) is 2. The van der Waals surface area contributed by atoms with Crippen LogP contribution >= 0.6 is 0 Å². The lowest BCUT2D eigenvalue weighted by Gasteiger charge is -2.37. The van der Waals surface area contributed by atoms with Crippen LogP contribution in [0.5, 0.6) is 11.5 Å². The molecule has 182 valence electrons. The third-order valence-electron chi connectivity index (χ3n) is 6.77. The molecule has 2 aromatic carbocycles. The van der Waals surface area contributed by atoms with Crippen molar-refractivity contribution in [3.63, 3.8) is 0 Å². The SMILES string of the molecule is CNC(=O)N1N=C(c2ccc(N3CCC(C)(O)CC3)cc2)c2cc(OC)c(OC)cc2CC1C. The van der Waals surface area contributed by atoms with Gasteiger partial charge in [0.25, 0.3) is 0 Å². The van der Waals surface area contributed by atoms with Gasteiger partial charge >= 0.3 is 6.03 Å². The maximum Gasteiger partial charge on any atom is 0.337 e. The molecular weight excluding hydrogens is 432 g/mol. The van der Waals surface area contributed by atoms with Crippen molar-refractivity contribution in [3.8, 4) is 11.5 Å². The molecule has 2 amide bonds. The summed E-state index contributed by atoms with van der Waals surface area (Å²) in [7, 11) is 4.84. The molecule has 34 heavy (non-hydrogen) atoms. The minimum Gasteiger partial charge on any atom is -0.493 e. The molecule has 0 spiro atoms. The minimum absolute atomic E-state index is 0.144. The number of nitrogens with one attached hydrogen (secondary N) is 1. The number of nitrogens with zero attached hydrogens (tertiary/aromatic N) is 3. The van der Waals surface area contributed by atoms with Crippen LogP contribution in [0.4, 0.5) is 10.5 Å². The second-order valence-electron chi connectivity index (χ2n) is 9.30. The summed E-state index contributed by atoms with van der Waals surface area (Å²) >= 11 is 0. The van der Waals surface area contributed by atoms with Crippen LogP contribution in [0.25, 0.3) is 0 Å². The van der Waals surface area contributed by atoms with E-state index in [2.05, 4.69) is 22.3 Å². The fourth-order valence-corrected chi connectivity index (χ4v) is 4.63. The largest absolute Gasteiger partial charge is 0.493 e. The molecule has 1 fully saturated rings. The molecule has 0 radical (unpaired) electrons. The summed E-state index contributed by atoms with van der Waals surface area (Å²) in [6.07, 6.45) is 2.12. The van der Waals surface area contributed by atoms with Gasteiger partial charge in [-0.1, -0.05) is 12.1 Å². The zero-order chi connectivity index (χ0) is 24.5. The lowest BCUT2D eigenvalue weighted by molar-refractivity contribution is 0.0351. The van der Waals surface area contributed by atoms with Crippen LogP contribution in [0.1, 0.15) is 43.4 Å². The van der Waals surface area contributed by atoms with Crippen molar-refractivity contribution in [1.29, 1.82) is 0 Å². The van der Waals surface area contributed by atoms with E-state index in [1.54, 1.807) is 21.3 Å². The van der Waals surface area contributed by atoms with Crippen molar-refractivity contribution in [2.75, 3.05) is 39.3 Å². The topological polar surface area (TPSA) is 86.6 Å². The average molecular weight is 467 g/mol. The number of piperidine rings is 1. The fourth-order valence-electron chi connectivity index (χ4n) is 4.63. The molecule has 2 heterocycles. The van der Waals surface area contributed by atoms with Gasteiger partial charge in [-0.25, -0.2) is 9.80 Å². The van der Waals surface area contributed by atoms with E-state index >= 15 is 0 Å². The Balaban J connectivity index is 1.75. The third-order valence-corrected chi connectivity index (χ3v) is 6.77. The molecule has 0 aromatic heterocycles. The molecule has 1 atom stereocenters. The number of rotatable bonds is 4. The highest BCUT2D eigenvalue weighted by atomic mass is 16.5. The van der Waals surface area contributed by atoms with Crippen molar-refractivity contribution < 1.29 is 19.4 Å². The number of carbonyl (C=O) groups excluding carboxylic acids is 1. The maximum atomic E-state index is 12.6. The quantitative estimate of drug-likeness (QED) is 0.721. The molecule has 2 N–H and O–H groups in total. The van der Waals surface area contributed by atoms with Crippen molar-refractivity contribution in [2.45, 2.75) is 44.8 Å². The lowest BCUT2D eigenvalue weighted by atomic mass is 9.92. The average Bonchev–Trinajstić information content (AvgIpc) is 2.98. The van der Waals surface area contributed by atoms with E-state index in [9.17, 15) is 9.90 Å². The molecule has 4 rings (SSSR count). The number of anilines is 1. The summed E-state index contributed by atoms with van der Waals surface area (Å²) in [5, 5.41) is 19.3. The second-order valence-corrected chi connectivity index (χ2v) is 9.30. The number of benzene rings is 2. The summed E-state index contributed by atoms with van der Waals surface area (Å²) < 4.78 is 11.1. The molecule has 1 saturated heterocycles. The van der Waals surface area contributed by atoms with Crippen LogP contribution in [0.15, 0.2) is 41.5 Å². The highest BCUT2D eigenvalue weighted by Gasteiger charge is 2.29. The zero-order valence-corrected chi connectivity index (χ0v) is 20.6. The first kappa shape index (κ1) is 23.9. The monoisotopic (exact) mass is 466 g/mol. The summed E-state index contributed by atoms with van der Waals surface area (Å²) in [6.45, 7) is 5.51. The van der Waals surface area contributed by atoms with E-state index < -0.39 is 5.60 Å². The standard InChI is InChI=1S/C26H34N4O4/c1-17-14-19-15-22(33-4)23(34-5)16-21(19)24(28-30(17)25(31)27-3)18-6-8-20(9-7-18)29-12-10-26(2,32)11-13-29/h6-9,15-17,32H,10-14H2,1-5H3,(H,27,31). The predicted octanol–water partition coefficient (Wildman–Crippen LogP) is 3.39. The van der Waals surface area contributed by atoms with Gasteiger partial charge in [0.2, 0.25) is 0 Å². The molecule has 2 aliphatic rings. The predicted molar refractivity (Wildman–Crippen MR) is 133 cm³/mol. The molecule has 0 saturated carbocycles. The lowest BCUT2D eigenvalue weighted by Crippen LogP contribution is -2.42. The Morgan fingerprint density at radius 2 is 1.74 bits per heavy atom. The summed E-state index contributed by atoms with van der Waals surface area (Å²) in [4.78, 5) is 14.9. The number of carbonyl (C=O) groups is 1. The van der Waals surface area contributed by atoms with Gasteiger partial charge in [0.1, 0.15) is 0 Å². The number of urea groups is 1. The van der Waals surface area contributed by atoms with E-state index in [4.69, 9.17) is 14.6 Å². The van der Waals surface area contributed by atoms with Crippen LogP contribution in [0.3, 0.4) is 0 Å². The van der Waals surface area contributed by atoms with Gasteiger partial charge in [0.15, 0.2) is 11.5 Å². The Bertz CT molecular complexity index is 1070. The second kappa shape index (κ2) is 9.54. The first-order chi connectivity index (χ1) is 16.3. The van der Waals surface area contributed by atoms with E-state index in [-0.39, 0.29) is 12.1 Å². The Kier molecular flexibility index (Phi) is 6.70. The number of hydrogen-bond acceptors (Lipinski definition) is 6. The molecule has 0 bridgehead atoms. The van der Waals surface area contributed by atoms with Gasteiger partial charge in [-0.2, -0.15) is 5.10 Å². The van der Waals surface area contributed by atoms with Crippen molar-refractivity contribution >= 4 is 17.4 Å². The van der Waals surface area contributed by atoms with Crippen molar-refractivity contribution in [1.82, 2.24) is 10.3 Å². The summed E-state index contributed by atoms with van der Waals surface area (Å²) in [5.74, 6) is 1.27. The molecule has 2 aliphatic heterocycles. The Labute approximate surface area is 201 Å². The number of hydrazone groups is 1. The van der Waals surface area contributed by atoms with Gasteiger partial charge in [0.05, 0.1) is 31.6 Å². The summed E-state index contributed by atoms with van der Waals surface area (Å²) in [6, 6.07) is 11.8. The Hall–Kier alpha value is -3.26.